The minimum Gasteiger partial charge on any atom is -0.490 e. The second kappa shape index (κ2) is 11.3. The van der Waals surface area contributed by atoms with E-state index in [1.165, 1.54) is 19.3 Å². The summed E-state index contributed by atoms with van der Waals surface area (Å²) in [4.78, 5) is 0. The Hall–Kier alpha value is -1.42. The molecule has 0 aliphatic heterocycles. The maximum absolute atomic E-state index is 6.45. The summed E-state index contributed by atoms with van der Waals surface area (Å²) in [6.07, 6.45) is 3.63. The van der Waals surface area contributed by atoms with E-state index in [0.29, 0.717) is 29.0 Å². The Labute approximate surface area is 166 Å². The summed E-state index contributed by atoms with van der Waals surface area (Å²) < 4.78 is 11.7. The summed E-state index contributed by atoms with van der Waals surface area (Å²) in [7, 11) is 0. The van der Waals surface area contributed by atoms with Crippen LogP contribution in [0.15, 0.2) is 36.4 Å². The van der Waals surface area contributed by atoms with E-state index >= 15 is 0 Å². The summed E-state index contributed by atoms with van der Waals surface area (Å²) in [5, 5.41) is 4.83. The van der Waals surface area contributed by atoms with E-state index < -0.39 is 0 Å². The molecular formula is C21H27Cl2NO2. The number of hydrogen-bond acceptors (Lipinski definition) is 3. The maximum atomic E-state index is 6.45. The van der Waals surface area contributed by atoms with Gasteiger partial charge in [0.2, 0.25) is 0 Å². The Morgan fingerprint density at radius 2 is 1.65 bits per heavy atom. The van der Waals surface area contributed by atoms with Crippen LogP contribution < -0.4 is 14.8 Å². The SMILES string of the molecule is CCCCCNCc1cc(OCC)c(OCc2ccc(Cl)cc2)cc1Cl. The van der Waals surface area contributed by atoms with Gasteiger partial charge in [-0.3, -0.25) is 0 Å². The van der Waals surface area contributed by atoms with E-state index in [4.69, 9.17) is 32.7 Å². The molecule has 3 nitrogen and oxygen atoms in total. The molecule has 1 N–H and O–H groups in total. The molecule has 0 aliphatic carbocycles. The Bertz CT molecular complexity index is 674. The number of ether oxygens (including phenoxy) is 2. The van der Waals surface area contributed by atoms with Gasteiger partial charge in [-0.2, -0.15) is 0 Å². The molecule has 142 valence electrons. The van der Waals surface area contributed by atoms with Gasteiger partial charge in [-0.25, -0.2) is 0 Å². The molecular weight excluding hydrogens is 369 g/mol. The number of unbranched alkanes of at least 4 members (excludes halogenated alkanes) is 2. The van der Waals surface area contributed by atoms with Crippen molar-refractivity contribution in [1.29, 1.82) is 0 Å². The van der Waals surface area contributed by atoms with Crippen molar-refractivity contribution in [3.05, 3.63) is 57.6 Å². The quantitative estimate of drug-likeness (QED) is 0.456. The third-order valence-electron chi connectivity index (χ3n) is 3.99. The monoisotopic (exact) mass is 395 g/mol. The molecule has 0 aliphatic rings. The largest absolute Gasteiger partial charge is 0.490 e. The first-order valence-corrected chi connectivity index (χ1v) is 9.92. The van der Waals surface area contributed by atoms with Crippen LogP contribution in [0, 0.1) is 0 Å². The third-order valence-corrected chi connectivity index (χ3v) is 4.60. The Morgan fingerprint density at radius 3 is 2.35 bits per heavy atom. The first-order chi connectivity index (χ1) is 12.6. The lowest BCUT2D eigenvalue weighted by atomic mass is 10.2. The zero-order valence-corrected chi connectivity index (χ0v) is 17.0. The molecule has 2 aromatic rings. The van der Waals surface area contributed by atoms with Gasteiger partial charge < -0.3 is 14.8 Å². The van der Waals surface area contributed by atoms with Crippen molar-refractivity contribution in [2.45, 2.75) is 46.3 Å². The van der Waals surface area contributed by atoms with Gasteiger partial charge in [-0.1, -0.05) is 55.1 Å². The fraction of sp³-hybridized carbons (Fsp3) is 0.429. The van der Waals surface area contributed by atoms with Crippen LogP contribution in [0.4, 0.5) is 0 Å². The minimum atomic E-state index is 0.433. The highest BCUT2D eigenvalue weighted by Gasteiger charge is 2.11. The molecule has 0 unspecified atom stereocenters. The van der Waals surface area contributed by atoms with E-state index in [1.807, 2.05) is 43.3 Å². The molecule has 0 bridgehead atoms. The molecule has 5 heteroatoms. The molecule has 26 heavy (non-hydrogen) atoms. The summed E-state index contributed by atoms with van der Waals surface area (Å²) in [5.74, 6) is 1.37. The van der Waals surface area contributed by atoms with Gasteiger partial charge in [0, 0.05) is 22.7 Å². The van der Waals surface area contributed by atoms with Crippen molar-refractivity contribution < 1.29 is 9.47 Å². The van der Waals surface area contributed by atoms with Gasteiger partial charge in [-0.05, 0) is 49.2 Å². The smallest absolute Gasteiger partial charge is 0.163 e. The summed E-state index contributed by atoms with van der Waals surface area (Å²) >= 11 is 12.4. The van der Waals surface area contributed by atoms with E-state index in [-0.39, 0.29) is 0 Å². The summed E-state index contributed by atoms with van der Waals surface area (Å²) in [5.41, 5.74) is 2.06. The van der Waals surface area contributed by atoms with E-state index in [1.54, 1.807) is 0 Å². The molecule has 0 saturated carbocycles. The van der Waals surface area contributed by atoms with Crippen LogP contribution in [0.5, 0.6) is 11.5 Å². The van der Waals surface area contributed by atoms with Crippen LogP contribution in [0.1, 0.15) is 44.2 Å². The van der Waals surface area contributed by atoms with Crippen LogP contribution in [-0.4, -0.2) is 13.2 Å². The van der Waals surface area contributed by atoms with E-state index in [9.17, 15) is 0 Å². The second-order valence-electron chi connectivity index (χ2n) is 6.12. The van der Waals surface area contributed by atoms with Crippen LogP contribution in [-0.2, 0) is 13.2 Å². The van der Waals surface area contributed by atoms with Crippen LogP contribution in [0.2, 0.25) is 10.0 Å². The first kappa shape index (κ1) is 20.9. The van der Waals surface area contributed by atoms with Gasteiger partial charge in [0.1, 0.15) is 6.61 Å². The van der Waals surface area contributed by atoms with Crippen LogP contribution >= 0.6 is 23.2 Å². The molecule has 0 spiro atoms. The highest BCUT2D eigenvalue weighted by atomic mass is 35.5. The number of nitrogens with one attached hydrogen (secondary N) is 1. The highest BCUT2D eigenvalue weighted by molar-refractivity contribution is 6.31. The van der Waals surface area contributed by atoms with E-state index in [2.05, 4.69) is 12.2 Å². The number of benzene rings is 2. The molecule has 0 fully saturated rings. The van der Waals surface area contributed by atoms with Crippen molar-refractivity contribution in [2.24, 2.45) is 0 Å². The van der Waals surface area contributed by atoms with Crippen LogP contribution in [0.25, 0.3) is 0 Å². The third kappa shape index (κ3) is 6.71. The van der Waals surface area contributed by atoms with Gasteiger partial charge >= 0.3 is 0 Å². The lowest BCUT2D eigenvalue weighted by Gasteiger charge is -2.15. The fourth-order valence-electron chi connectivity index (χ4n) is 2.56. The van der Waals surface area contributed by atoms with Gasteiger partial charge in [-0.15, -0.1) is 0 Å². The zero-order chi connectivity index (χ0) is 18.8. The standard InChI is InChI=1S/C21H27Cl2NO2/c1-3-5-6-11-24-14-17-12-20(25-4-2)21(13-19(17)23)26-15-16-7-9-18(22)10-8-16/h7-10,12-13,24H,3-6,11,14-15H2,1-2H3. The number of hydrogen-bond donors (Lipinski definition) is 1. The molecule has 0 atom stereocenters. The van der Waals surface area contributed by atoms with Crippen LogP contribution in [0.3, 0.4) is 0 Å². The Balaban J connectivity index is 2.03. The first-order valence-electron chi connectivity index (χ1n) is 9.17. The zero-order valence-electron chi connectivity index (χ0n) is 15.5. The lowest BCUT2D eigenvalue weighted by molar-refractivity contribution is 0.269. The normalized spacial score (nSPS) is 10.8. The van der Waals surface area contributed by atoms with Crippen molar-refractivity contribution in [2.75, 3.05) is 13.2 Å². The predicted octanol–water partition coefficient (Wildman–Crippen LogP) is 6.25. The Kier molecular flexibility index (Phi) is 9.10. The average molecular weight is 396 g/mol. The van der Waals surface area contributed by atoms with Gasteiger partial charge in [0.15, 0.2) is 11.5 Å². The highest BCUT2D eigenvalue weighted by Crippen LogP contribution is 2.34. The van der Waals surface area contributed by atoms with Crippen molar-refractivity contribution in [3.63, 3.8) is 0 Å². The molecule has 0 heterocycles. The summed E-state index contributed by atoms with van der Waals surface area (Å²) in [6, 6.07) is 11.4. The molecule has 0 aromatic heterocycles. The summed E-state index contributed by atoms with van der Waals surface area (Å²) in [6.45, 7) is 6.88. The predicted molar refractivity (Wildman–Crippen MR) is 110 cm³/mol. The van der Waals surface area contributed by atoms with E-state index in [0.717, 1.165) is 30.0 Å². The number of halogens is 2. The molecule has 2 aromatic carbocycles. The van der Waals surface area contributed by atoms with Crippen molar-refractivity contribution in [1.82, 2.24) is 5.32 Å². The minimum absolute atomic E-state index is 0.433. The average Bonchev–Trinajstić information content (AvgIpc) is 2.64. The molecule has 0 radical (unpaired) electrons. The second-order valence-corrected chi connectivity index (χ2v) is 6.97. The molecule has 0 saturated heterocycles. The number of rotatable bonds is 11. The van der Waals surface area contributed by atoms with Gasteiger partial charge in [0.25, 0.3) is 0 Å². The van der Waals surface area contributed by atoms with Gasteiger partial charge in [0.05, 0.1) is 6.61 Å². The van der Waals surface area contributed by atoms with Crippen molar-refractivity contribution in [3.8, 4) is 11.5 Å². The van der Waals surface area contributed by atoms with Crippen molar-refractivity contribution >= 4 is 23.2 Å². The topological polar surface area (TPSA) is 30.5 Å². The fourth-order valence-corrected chi connectivity index (χ4v) is 2.91. The Morgan fingerprint density at radius 1 is 0.923 bits per heavy atom. The lowest BCUT2D eigenvalue weighted by Crippen LogP contribution is -2.15. The molecule has 2 rings (SSSR count). The molecule has 0 amide bonds. The maximum Gasteiger partial charge on any atom is 0.163 e.